The molecule has 0 aromatic carbocycles. The smallest absolute Gasteiger partial charge is 0.331 e. The Bertz CT molecular complexity index is 588. The first-order valence-corrected chi connectivity index (χ1v) is 6.64. The molecule has 106 valence electrons. The second kappa shape index (κ2) is 6.18. The van der Waals surface area contributed by atoms with Crippen LogP contribution in [0.15, 0.2) is 20.3 Å². The molecule has 0 bridgehead atoms. The van der Waals surface area contributed by atoms with Crippen molar-refractivity contribution in [3.8, 4) is 0 Å². The lowest BCUT2D eigenvalue weighted by Gasteiger charge is -2.20. The zero-order chi connectivity index (χ0) is 14.7. The van der Waals surface area contributed by atoms with Gasteiger partial charge in [-0.3, -0.25) is 13.9 Å². The summed E-state index contributed by atoms with van der Waals surface area (Å²) in [7, 11) is 2.65. The van der Waals surface area contributed by atoms with Crippen molar-refractivity contribution >= 4 is 21.9 Å². The topological polar surface area (TPSA) is 70.3 Å². The van der Waals surface area contributed by atoms with Crippen LogP contribution in [-0.2, 0) is 16.6 Å². The lowest BCUT2D eigenvalue weighted by atomic mass is 10.0. The fourth-order valence-electron chi connectivity index (χ4n) is 1.78. The molecule has 0 aliphatic rings. The molecule has 0 fully saturated rings. The standard InChI is InChI=1S/C12H17BrN2O4/c1-7(2)5-9(11(17)19-4)15-6-8(13)10(16)14(3)12(15)18/h6-7,9H,5H2,1-4H3. The minimum atomic E-state index is -0.736. The molecule has 0 amide bonds. The minimum Gasteiger partial charge on any atom is -0.467 e. The summed E-state index contributed by atoms with van der Waals surface area (Å²) in [6.45, 7) is 3.88. The molecule has 1 aromatic rings. The monoisotopic (exact) mass is 332 g/mol. The van der Waals surface area contributed by atoms with Gasteiger partial charge in [0.25, 0.3) is 5.56 Å². The summed E-state index contributed by atoms with van der Waals surface area (Å²) in [6, 6.07) is -0.736. The van der Waals surface area contributed by atoms with E-state index in [-0.39, 0.29) is 10.4 Å². The van der Waals surface area contributed by atoms with Gasteiger partial charge in [0.1, 0.15) is 6.04 Å². The van der Waals surface area contributed by atoms with Gasteiger partial charge in [-0.05, 0) is 28.3 Å². The predicted octanol–water partition coefficient (Wildman–Crippen LogP) is 1.07. The van der Waals surface area contributed by atoms with Gasteiger partial charge in [0.2, 0.25) is 0 Å². The number of nitrogens with zero attached hydrogens (tertiary/aromatic N) is 2. The third kappa shape index (κ3) is 3.34. The predicted molar refractivity (Wildman–Crippen MR) is 74.2 cm³/mol. The fourth-order valence-corrected chi connectivity index (χ4v) is 2.27. The Morgan fingerprint density at radius 1 is 1.42 bits per heavy atom. The van der Waals surface area contributed by atoms with Crippen LogP contribution in [0.1, 0.15) is 26.3 Å². The number of carbonyl (C=O) groups is 1. The van der Waals surface area contributed by atoms with Crippen LogP contribution in [-0.4, -0.2) is 22.2 Å². The number of hydrogen-bond donors (Lipinski definition) is 0. The average Bonchev–Trinajstić information content (AvgIpc) is 2.37. The Morgan fingerprint density at radius 3 is 2.47 bits per heavy atom. The van der Waals surface area contributed by atoms with Crippen molar-refractivity contribution in [2.75, 3.05) is 7.11 Å². The number of rotatable bonds is 4. The van der Waals surface area contributed by atoms with E-state index < -0.39 is 23.3 Å². The van der Waals surface area contributed by atoms with Crippen LogP contribution in [0.25, 0.3) is 0 Å². The van der Waals surface area contributed by atoms with Crippen LogP contribution in [0, 0.1) is 5.92 Å². The Morgan fingerprint density at radius 2 is 2.00 bits per heavy atom. The van der Waals surface area contributed by atoms with Crippen LogP contribution < -0.4 is 11.2 Å². The van der Waals surface area contributed by atoms with Gasteiger partial charge < -0.3 is 4.74 Å². The molecule has 1 atom stereocenters. The fraction of sp³-hybridized carbons (Fsp3) is 0.583. The van der Waals surface area contributed by atoms with Gasteiger partial charge in [-0.25, -0.2) is 9.59 Å². The quantitative estimate of drug-likeness (QED) is 0.773. The lowest BCUT2D eigenvalue weighted by Crippen LogP contribution is -2.41. The molecule has 0 saturated heterocycles. The van der Waals surface area contributed by atoms with E-state index in [2.05, 4.69) is 15.9 Å². The summed E-state index contributed by atoms with van der Waals surface area (Å²) in [5.74, 6) is -0.298. The van der Waals surface area contributed by atoms with Crippen molar-refractivity contribution < 1.29 is 9.53 Å². The summed E-state index contributed by atoms with van der Waals surface area (Å²) in [5.41, 5.74) is -0.973. The number of esters is 1. The Kier molecular flexibility index (Phi) is 5.11. The maximum Gasteiger partial charge on any atom is 0.331 e. The Balaban J connectivity index is 3.43. The van der Waals surface area contributed by atoms with Gasteiger partial charge in [-0.1, -0.05) is 13.8 Å². The van der Waals surface area contributed by atoms with Gasteiger partial charge in [-0.15, -0.1) is 0 Å². The number of hydrogen-bond acceptors (Lipinski definition) is 4. The maximum absolute atomic E-state index is 12.1. The highest BCUT2D eigenvalue weighted by atomic mass is 79.9. The molecule has 0 N–H and O–H groups in total. The highest BCUT2D eigenvalue weighted by Gasteiger charge is 2.25. The van der Waals surface area contributed by atoms with E-state index in [1.54, 1.807) is 0 Å². The lowest BCUT2D eigenvalue weighted by molar-refractivity contribution is -0.145. The second-order valence-electron chi connectivity index (χ2n) is 4.70. The van der Waals surface area contributed by atoms with E-state index in [1.807, 2.05) is 13.8 Å². The molecule has 1 rings (SSSR count). The van der Waals surface area contributed by atoms with Crippen LogP contribution in [0.3, 0.4) is 0 Å². The highest BCUT2D eigenvalue weighted by Crippen LogP contribution is 2.18. The Labute approximate surface area is 119 Å². The molecular weight excluding hydrogens is 316 g/mol. The largest absolute Gasteiger partial charge is 0.467 e. The molecule has 0 radical (unpaired) electrons. The van der Waals surface area contributed by atoms with Crippen molar-refractivity contribution in [3.63, 3.8) is 0 Å². The van der Waals surface area contributed by atoms with E-state index in [1.165, 1.54) is 24.9 Å². The van der Waals surface area contributed by atoms with Crippen LogP contribution in [0.5, 0.6) is 0 Å². The minimum absolute atomic E-state index is 0.201. The summed E-state index contributed by atoms with van der Waals surface area (Å²) < 4.78 is 7.15. The van der Waals surface area contributed by atoms with Gasteiger partial charge in [0.15, 0.2) is 0 Å². The first-order chi connectivity index (χ1) is 8.79. The van der Waals surface area contributed by atoms with Gasteiger partial charge in [-0.2, -0.15) is 0 Å². The summed E-state index contributed by atoms with van der Waals surface area (Å²) in [6.07, 6.45) is 1.80. The molecule has 7 heteroatoms. The summed E-state index contributed by atoms with van der Waals surface area (Å²) in [4.78, 5) is 35.5. The zero-order valence-electron chi connectivity index (χ0n) is 11.3. The van der Waals surface area contributed by atoms with Crippen LogP contribution in [0.4, 0.5) is 0 Å². The molecule has 0 spiro atoms. The molecule has 0 aliphatic heterocycles. The molecule has 19 heavy (non-hydrogen) atoms. The second-order valence-corrected chi connectivity index (χ2v) is 5.55. The van der Waals surface area contributed by atoms with E-state index in [9.17, 15) is 14.4 Å². The molecule has 0 saturated carbocycles. The van der Waals surface area contributed by atoms with Crippen LogP contribution in [0.2, 0.25) is 0 Å². The van der Waals surface area contributed by atoms with Crippen LogP contribution >= 0.6 is 15.9 Å². The summed E-state index contributed by atoms with van der Waals surface area (Å²) >= 11 is 3.09. The first-order valence-electron chi connectivity index (χ1n) is 5.85. The number of aromatic nitrogens is 2. The molecular formula is C12H17BrN2O4. The maximum atomic E-state index is 12.1. The van der Waals surface area contributed by atoms with Crippen molar-refractivity contribution in [1.82, 2.24) is 9.13 Å². The van der Waals surface area contributed by atoms with E-state index in [0.717, 1.165) is 4.57 Å². The average molecular weight is 333 g/mol. The Hall–Kier alpha value is -1.37. The van der Waals surface area contributed by atoms with Gasteiger partial charge >= 0.3 is 11.7 Å². The third-order valence-electron chi connectivity index (χ3n) is 2.77. The number of carbonyl (C=O) groups excluding carboxylic acids is 1. The first kappa shape index (κ1) is 15.7. The number of methoxy groups -OCH3 is 1. The molecule has 1 aromatic heterocycles. The summed E-state index contributed by atoms with van der Waals surface area (Å²) in [5, 5.41) is 0. The third-order valence-corrected chi connectivity index (χ3v) is 3.32. The molecule has 1 heterocycles. The molecule has 0 aliphatic carbocycles. The SMILES string of the molecule is COC(=O)C(CC(C)C)n1cc(Br)c(=O)n(C)c1=O. The van der Waals surface area contributed by atoms with E-state index in [0.29, 0.717) is 6.42 Å². The molecule has 1 unspecified atom stereocenters. The van der Waals surface area contributed by atoms with E-state index >= 15 is 0 Å². The zero-order valence-corrected chi connectivity index (χ0v) is 12.9. The van der Waals surface area contributed by atoms with Crippen molar-refractivity contribution in [2.45, 2.75) is 26.3 Å². The normalized spacial score (nSPS) is 12.5. The van der Waals surface area contributed by atoms with Gasteiger partial charge in [0.05, 0.1) is 11.6 Å². The van der Waals surface area contributed by atoms with Gasteiger partial charge in [0, 0.05) is 13.2 Å². The van der Waals surface area contributed by atoms with Crippen molar-refractivity contribution in [2.24, 2.45) is 13.0 Å². The van der Waals surface area contributed by atoms with Crippen molar-refractivity contribution in [1.29, 1.82) is 0 Å². The number of halogens is 1. The van der Waals surface area contributed by atoms with Crippen molar-refractivity contribution in [3.05, 3.63) is 31.5 Å². The number of ether oxygens (including phenoxy) is 1. The van der Waals surface area contributed by atoms with E-state index in [4.69, 9.17) is 4.74 Å². The molecule has 6 nitrogen and oxygen atoms in total. The highest BCUT2D eigenvalue weighted by molar-refractivity contribution is 9.10.